The van der Waals surface area contributed by atoms with Gasteiger partial charge in [-0.1, -0.05) is 30.3 Å². The summed E-state index contributed by atoms with van der Waals surface area (Å²) in [6.07, 6.45) is 0.792. The molecule has 3 aromatic carbocycles. The molecular formula is C29H32FNO5. The third kappa shape index (κ3) is 6.04. The Morgan fingerprint density at radius 3 is 2.50 bits per heavy atom. The highest BCUT2D eigenvalue weighted by molar-refractivity contribution is 5.71. The van der Waals surface area contributed by atoms with Gasteiger partial charge in [0.15, 0.2) is 0 Å². The Morgan fingerprint density at radius 2 is 1.83 bits per heavy atom. The molecule has 190 valence electrons. The summed E-state index contributed by atoms with van der Waals surface area (Å²) in [7, 11) is 5.67. The number of benzene rings is 3. The second-order valence-corrected chi connectivity index (χ2v) is 9.49. The van der Waals surface area contributed by atoms with Crippen molar-refractivity contribution in [2.45, 2.75) is 38.0 Å². The van der Waals surface area contributed by atoms with E-state index >= 15 is 0 Å². The van der Waals surface area contributed by atoms with Crippen LogP contribution in [0.5, 0.6) is 11.5 Å². The van der Waals surface area contributed by atoms with Gasteiger partial charge >= 0.3 is 5.97 Å². The predicted molar refractivity (Wildman–Crippen MR) is 136 cm³/mol. The second kappa shape index (κ2) is 11.1. The van der Waals surface area contributed by atoms with Crippen LogP contribution in [0.25, 0.3) is 11.1 Å². The van der Waals surface area contributed by atoms with Crippen LogP contribution in [0.1, 0.15) is 48.1 Å². The Bertz CT molecular complexity index is 1220. The van der Waals surface area contributed by atoms with Gasteiger partial charge in [0.05, 0.1) is 19.6 Å². The van der Waals surface area contributed by atoms with E-state index in [4.69, 9.17) is 14.6 Å². The van der Waals surface area contributed by atoms with Crippen molar-refractivity contribution in [3.63, 3.8) is 0 Å². The molecule has 7 heteroatoms. The molecule has 6 nitrogen and oxygen atoms in total. The molecular weight excluding hydrogens is 461 g/mol. The van der Waals surface area contributed by atoms with Gasteiger partial charge < -0.3 is 24.6 Å². The van der Waals surface area contributed by atoms with Gasteiger partial charge in [-0.2, -0.15) is 0 Å². The topological polar surface area (TPSA) is 79.2 Å². The Hall–Kier alpha value is -3.42. The third-order valence-corrected chi connectivity index (χ3v) is 6.54. The normalized spacial score (nSPS) is 14.9. The second-order valence-electron chi connectivity index (χ2n) is 9.49. The van der Waals surface area contributed by atoms with E-state index in [2.05, 4.69) is 11.0 Å². The maximum Gasteiger partial charge on any atom is 0.306 e. The van der Waals surface area contributed by atoms with Gasteiger partial charge in [0.2, 0.25) is 0 Å². The van der Waals surface area contributed by atoms with Gasteiger partial charge in [0.25, 0.3) is 0 Å². The number of ether oxygens (including phenoxy) is 2. The zero-order valence-corrected chi connectivity index (χ0v) is 20.8. The molecule has 0 aromatic heterocycles. The maximum absolute atomic E-state index is 15.0. The Kier molecular flexibility index (Phi) is 7.91. The van der Waals surface area contributed by atoms with E-state index in [-0.39, 0.29) is 24.9 Å². The highest BCUT2D eigenvalue weighted by atomic mass is 19.1. The summed E-state index contributed by atoms with van der Waals surface area (Å²) in [6, 6.07) is 17.7. The molecule has 0 bridgehead atoms. The van der Waals surface area contributed by atoms with Crippen molar-refractivity contribution in [2.75, 3.05) is 21.2 Å². The third-order valence-electron chi connectivity index (χ3n) is 6.54. The number of hydrogen-bond acceptors (Lipinski definition) is 5. The summed E-state index contributed by atoms with van der Waals surface area (Å²) in [6.45, 7) is 0.275. The molecule has 4 rings (SSSR count). The van der Waals surface area contributed by atoms with Crippen LogP contribution in [0.15, 0.2) is 60.7 Å². The first kappa shape index (κ1) is 25.7. The van der Waals surface area contributed by atoms with E-state index in [1.807, 2.05) is 26.2 Å². The van der Waals surface area contributed by atoms with E-state index < -0.39 is 12.1 Å². The average molecular weight is 494 g/mol. The average Bonchev–Trinajstić information content (AvgIpc) is 3.68. The molecule has 0 heterocycles. The van der Waals surface area contributed by atoms with Crippen LogP contribution in [0.4, 0.5) is 4.39 Å². The number of nitrogens with zero attached hydrogens (tertiary/aromatic N) is 1. The number of carboxylic acids is 1. The maximum atomic E-state index is 15.0. The SMILES string of the molecule is COc1ccc(F)c(-c2ccc(COc3cccc([C@H](O)CC(=O)O)c3)cc2C(C2CC2)N(C)C)c1. The first-order chi connectivity index (χ1) is 17.3. The summed E-state index contributed by atoms with van der Waals surface area (Å²) in [5.41, 5.74) is 3.80. The van der Waals surface area contributed by atoms with Crippen LogP contribution in [-0.2, 0) is 11.4 Å². The van der Waals surface area contributed by atoms with Crippen molar-refractivity contribution in [2.24, 2.45) is 5.92 Å². The molecule has 1 saturated carbocycles. The lowest BCUT2D eigenvalue weighted by Gasteiger charge is -2.28. The summed E-state index contributed by atoms with van der Waals surface area (Å²) in [5.74, 6) is 0.275. The molecule has 1 aliphatic rings. The van der Waals surface area contributed by atoms with E-state index in [0.29, 0.717) is 28.5 Å². The monoisotopic (exact) mass is 493 g/mol. The van der Waals surface area contributed by atoms with Crippen molar-refractivity contribution in [3.8, 4) is 22.6 Å². The van der Waals surface area contributed by atoms with Crippen LogP contribution in [0, 0.1) is 11.7 Å². The molecule has 1 aliphatic carbocycles. The van der Waals surface area contributed by atoms with Gasteiger partial charge in [-0.15, -0.1) is 0 Å². The van der Waals surface area contributed by atoms with Crippen LogP contribution in [-0.4, -0.2) is 42.3 Å². The standard InChI is InChI=1S/C29H32FNO5/c1-31(2)29(19-8-9-19)25-13-18(7-11-23(25)24-15-21(35-3)10-12-26(24)30)17-36-22-6-4-5-20(14-22)27(32)16-28(33)34/h4-7,10-15,19,27,29,32H,8-9,16-17H2,1-3H3,(H,33,34)/t27-,29?/m1/s1. The number of aliphatic hydroxyl groups is 1. The van der Waals surface area contributed by atoms with Crippen molar-refractivity contribution in [1.29, 1.82) is 0 Å². The van der Waals surface area contributed by atoms with Crippen LogP contribution in [0.2, 0.25) is 0 Å². The minimum Gasteiger partial charge on any atom is -0.497 e. The van der Waals surface area contributed by atoms with Gasteiger partial charge in [0.1, 0.15) is 23.9 Å². The lowest BCUT2D eigenvalue weighted by atomic mass is 9.90. The Balaban J connectivity index is 1.64. The number of hydrogen-bond donors (Lipinski definition) is 2. The molecule has 0 saturated heterocycles. The van der Waals surface area contributed by atoms with Crippen LogP contribution >= 0.6 is 0 Å². The quantitative estimate of drug-likeness (QED) is 0.362. The zero-order chi connectivity index (χ0) is 25.8. The molecule has 36 heavy (non-hydrogen) atoms. The van der Waals surface area contributed by atoms with E-state index in [1.165, 1.54) is 6.07 Å². The van der Waals surface area contributed by atoms with E-state index in [9.17, 15) is 14.3 Å². The number of carboxylic acid groups (broad SMARTS) is 1. The van der Waals surface area contributed by atoms with Gasteiger partial charge in [-0.3, -0.25) is 4.79 Å². The number of aliphatic hydroxyl groups excluding tert-OH is 1. The number of methoxy groups -OCH3 is 1. The fourth-order valence-corrected chi connectivity index (χ4v) is 4.66. The van der Waals surface area contributed by atoms with Gasteiger partial charge in [-0.05, 0) is 85.4 Å². The summed E-state index contributed by atoms with van der Waals surface area (Å²) in [4.78, 5) is 13.1. The smallest absolute Gasteiger partial charge is 0.306 e. The van der Waals surface area contributed by atoms with E-state index in [1.54, 1.807) is 43.5 Å². The lowest BCUT2D eigenvalue weighted by molar-refractivity contribution is -0.139. The highest BCUT2D eigenvalue weighted by Gasteiger charge is 2.35. The lowest BCUT2D eigenvalue weighted by Crippen LogP contribution is -2.22. The van der Waals surface area contributed by atoms with Crippen molar-refractivity contribution < 1.29 is 28.9 Å². The molecule has 0 aliphatic heterocycles. The minimum atomic E-state index is -1.10. The first-order valence-electron chi connectivity index (χ1n) is 12.0. The van der Waals surface area contributed by atoms with Crippen molar-refractivity contribution in [1.82, 2.24) is 4.90 Å². The van der Waals surface area contributed by atoms with Gasteiger partial charge in [0, 0.05) is 11.6 Å². The van der Waals surface area contributed by atoms with Crippen molar-refractivity contribution >= 4 is 5.97 Å². The largest absolute Gasteiger partial charge is 0.497 e. The summed E-state index contributed by atoms with van der Waals surface area (Å²) < 4.78 is 26.3. The fraction of sp³-hybridized carbons (Fsp3) is 0.345. The molecule has 0 radical (unpaired) electrons. The summed E-state index contributed by atoms with van der Waals surface area (Å²) in [5, 5.41) is 19.1. The molecule has 1 fully saturated rings. The van der Waals surface area contributed by atoms with E-state index in [0.717, 1.165) is 29.5 Å². The molecule has 3 aromatic rings. The number of halogens is 1. The first-order valence-corrected chi connectivity index (χ1v) is 12.0. The zero-order valence-electron chi connectivity index (χ0n) is 20.8. The molecule has 2 N–H and O–H groups in total. The van der Waals surface area contributed by atoms with Crippen LogP contribution in [0.3, 0.4) is 0 Å². The fourth-order valence-electron chi connectivity index (χ4n) is 4.66. The Labute approximate surface area is 210 Å². The van der Waals surface area contributed by atoms with Gasteiger partial charge in [-0.25, -0.2) is 4.39 Å². The number of aliphatic carboxylic acids is 1. The Morgan fingerprint density at radius 1 is 1.06 bits per heavy atom. The molecule has 0 amide bonds. The molecule has 2 atom stereocenters. The van der Waals surface area contributed by atoms with Crippen LogP contribution < -0.4 is 9.47 Å². The number of carbonyl (C=O) groups is 1. The molecule has 1 unspecified atom stereocenters. The molecule has 0 spiro atoms. The number of rotatable bonds is 11. The summed E-state index contributed by atoms with van der Waals surface area (Å²) >= 11 is 0. The highest BCUT2D eigenvalue weighted by Crippen LogP contribution is 2.47. The predicted octanol–water partition coefficient (Wildman–Crippen LogP) is 5.60. The van der Waals surface area contributed by atoms with Crippen molar-refractivity contribution in [3.05, 3.63) is 83.2 Å². The minimum absolute atomic E-state index is 0.139.